The molecule has 0 saturated heterocycles. The number of fused-ring (bicyclic) bond motifs is 1. The molecular formula is C19H14FNO3. The Kier molecular flexibility index (Phi) is 3.34. The van der Waals surface area contributed by atoms with Gasteiger partial charge in [0.15, 0.2) is 0 Å². The largest absolute Gasteiger partial charge is 0.497 e. The lowest BCUT2D eigenvalue weighted by molar-refractivity contribution is -0.110. The second-order valence-corrected chi connectivity index (χ2v) is 5.57. The zero-order valence-electron chi connectivity index (χ0n) is 12.9. The summed E-state index contributed by atoms with van der Waals surface area (Å²) in [6.07, 6.45) is 1.86. The molecule has 0 fully saturated rings. The van der Waals surface area contributed by atoms with E-state index in [1.807, 2.05) is 30.3 Å². The molecule has 1 N–H and O–H groups in total. The molecule has 2 aliphatic rings. The van der Waals surface area contributed by atoms with Crippen LogP contribution in [-0.4, -0.2) is 19.6 Å². The zero-order chi connectivity index (χ0) is 16.7. The van der Waals surface area contributed by atoms with E-state index in [1.54, 1.807) is 13.2 Å². The van der Waals surface area contributed by atoms with Crippen LogP contribution in [-0.2, 0) is 9.53 Å². The van der Waals surface area contributed by atoms with E-state index in [1.165, 1.54) is 12.1 Å². The molecule has 0 spiro atoms. The minimum absolute atomic E-state index is 0.280. The third kappa shape index (κ3) is 2.34. The maximum Gasteiger partial charge on any atom is 0.260 e. The fraction of sp³-hybridized carbons (Fsp3) is 0.105. The van der Waals surface area contributed by atoms with Gasteiger partial charge in [0.25, 0.3) is 5.91 Å². The highest BCUT2D eigenvalue weighted by Gasteiger charge is 2.30. The van der Waals surface area contributed by atoms with Gasteiger partial charge in [-0.1, -0.05) is 12.1 Å². The molecule has 2 heterocycles. The van der Waals surface area contributed by atoms with Crippen LogP contribution < -0.4 is 10.1 Å². The van der Waals surface area contributed by atoms with E-state index in [4.69, 9.17) is 9.47 Å². The number of hydrogen-bond acceptors (Lipinski definition) is 3. The molecule has 0 saturated carbocycles. The van der Waals surface area contributed by atoms with Gasteiger partial charge in [-0.05, 0) is 42.0 Å². The number of allylic oxidation sites excluding steroid dienone is 1. The zero-order valence-corrected chi connectivity index (χ0v) is 12.9. The van der Waals surface area contributed by atoms with Gasteiger partial charge in [-0.2, -0.15) is 0 Å². The van der Waals surface area contributed by atoms with Crippen molar-refractivity contribution in [2.24, 2.45) is 0 Å². The highest BCUT2D eigenvalue weighted by Crippen LogP contribution is 2.38. The van der Waals surface area contributed by atoms with Crippen molar-refractivity contribution in [3.8, 4) is 5.75 Å². The van der Waals surface area contributed by atoms with E-state index in [9.17, 15) is 9.18 Å². The third-order valence-corrected chi connectivity index (χ3v) is 4.12. The Morgan fingerprint density at radius 3 is 2.71 bits per heavy atom. The SMILES string of the molecule is COc1ccc(C2=C/C(=C3/C(=O)Nc4cc(F)ccc43)OC2)cc1. The smallest absolute Gasteiger partial charge is 0.260 e. The maximum absolute atomic E-state index is 13.3. The van der Waals surface area contributed by atoms with Crippen LogP contribution in [0.25, 0.3) is 11.1 Å². The molecule has 4 rings (SSSR count). The number of ether oxygens (including phenoxy) is 2. The monoisotopic (exact) mass is 323 g/mol. The Morgan fingerprint density at radius 1 is 1.17 bits per heavy atom. The van der Waals surface area contributed by atoms with Crippen molar-refractivity contribution in [3.63, 3.8) is 0 Å². The van der Waals surface area contributed by atoms with E-state index >= 15 is 0 Å². The average Bonchev–Trinajstić information content (AvgIpc) is 3.18. The Balaban J connectivity index is 1.74. The van der Waals surface area contributed by atoms with Gasteiger partial charge in [0.1, 0.15) is 23.9 Å². The van der Waals surface area contributed by atoms with Crippen LogP contribution >= 0.6 is 0 Å². The normalized spacial score (nSPS) is 18.8. The highest BCUT2D eigenvalue weighted by molar-refractivity contribution is 6.32. The summed E-state index contributed by atoms with van der Waals surface area (Å²) in [6, 6.07) is 11.9. The molecule has 0 unspecified atom stereocenters. The molecular weight excluding hydrogens is 309 g/mol. The molecule has 0 aliphatic carbocycles. The summed E-state index contributed by atoms with van der Waals surface area (Å²) in [5.74, 6) is 0.617. The molecule has 120 valence electrons. The Bertz CT molecular complexity index is 897. The predicted molar refractivity (Wildman–Crippen MR) is 88.9 cm³/mol. The lowest BCUT2D eigenvalue weighted by Gasteiger charge is -2.03. The molecule has 2 aromatic rings. The van der Waals surface area contributed by atoms with Gasteiger partial charge < -0.3 is 14.8 Å². The number of halogens is 1. The van der Waals surface area contributed by atoms with Crippen molar-refractivity contribution in [3.05, 3.63) is 71.2 Å². The molecule has 2 aromatic carbocycles. The lowest BCUT2D eigenvalue weighted by atomic mass is 10.0. The number of amides is 1. The lowest BCUT2D eigenvalue weighted by Crippen LogP contribution is -2.05. The number of benzene rings is 2. The van der Waals surface area contributed by atoms with E-state index in [0.29, 0.717) is 29.2 Å². The van der Waals surface area contributed by atoms with Gasteiger partial charge in [-0.3, -0.25) is 4.79 Å². The Hall–Kier alpha value is -3.08. The van der Waals surface area contributed by atoms with Gasteiger partial charge in [-0.25, -0.2) is 4.39 Å². The van der Waals surface area contributed by atoms with Gasteiger partial charge in [-0.15, -0.1) is 0 Å². The molecule has 0 aromatic heterocycles. The van der Waals surface area contributed by atoms with Crippen LogP contribution in [0.2, 0.25) is 0 Å². The summed E-state index contributed by atoms with van der Waals surface area (Å²) < 4.78 is 24.2. The van der Waals surface area contributed by atoms with Crippen LogP contribution in [0.4, 0.5) is 10.1 Å². The van der Waals surface area contributed by atoms with Crippen LogP contribution in [0.1, 0.15) is 11.1 Å². The molecule has 24 heavy (non-hydrogen) atoms. The van der Waals surface area contributed by atoms with E-state index in [0.717, 1.165) is 16.9 Å². The average molecular weight is 323 g/mol. The van der Waals surface area contributed by atoms with Crippen molar-refractivity contribution in [2.45, 2.75) is 0 Å². The molecule has 4 nitrogen and oxygen atoms in total. The molecule has 0 radical (unpaired) electrons. The number of methoxy groups -OCH3 is 1. The van der Waals surface area contributed by atoms with Crippen LogP contribution in [0, 0.1) is 5.82 Å². The van der Waals surface area contributed by atoms with Crippen molar-refractivity contribution >= 4 is 22.7 Å². The van der Waals surface area contributed by atoms with Gasteiger partial charge >= 0.3 is 0 Å². The highest BCUT2D eigenvalue weighted by atomic mass is 19.1. The van der Waals surface area contributed by atoms with Crippen LogP contribution in [0.3, 0.4) is 0 Å². The molecule has 2 aliphatic heterocycles. The van der Waals surface area contributed by atoms with Crippen LogP contribution in [0.15, 0.2) is 54.3 Å². The van der Waals surface area contributed by atoms with Gasteiger partial charge in [0.2, 0.25) is 0 Å². The number of anilines is 1. The van der Waals surface area contributed by atoms with Crippen molar-refractivity contribution in [1.82, 2.24) is 0 Å². The van der Waals surface area contributed by atoms with E-state index < -0.39 is 0 Å². The first kappa shape index (κ1) is 14.5. The number of carbonyl (C=O) groups excluding carboxylic acids is 1. The van der Waals surface area contributed by atoms with Gasteiger partial charge in [0, 0.05) is 11.1 Å². The fourth-order valence-electron chi connectivity index (χ4n) is 2.90. The maximum atomic E-state index is 13.3. The molecule has 1 amide bonds. The van der Waals surface area contributed by atoms with Gasteiger partial charge in [0.05, 0.1) is 18.4 Å². The first-order valence-electron chi connectivity index (χ1n) is 7.49. The number of carbonyl (C=O) groups is 1. The van der Waals surface area contributed by atoms with E-state index in [2.05, 4.69) is 5.32 Å². The van der Waals surface area contributed by atoms with Crippen molar-refractivity contribution in [1.29, 1.82) is 0 Å². The Labute approximate surface area is 138 Å². The second kappa shape index (κ2) is 5.53. The number of rotatable bonds is 2. The minimum Gasteiger partial charge on any atom is -0.497 e. The molecule has 0 bridgehead atoms. The Morgan fingerprint density at radius 2 is 1.96 bits per heavy atom. The van der Waals surface area contributed by atoms with E-state index in [-0.39, 0.29) is 11.7 Å². The second-order valence-electron chi connectivity index (χ2n) is 5.57. The summed E-state index contributed by atoms with van der Waals surface area (Å²) in [6.45, 7) is 0.384. The quantitative estimate of drug-likeness (QED) is 0.859. The summed E-state index contributed by atoms with van der Waals surface area (Å²) in [5.41, 5.74) is 3.54. The van der Waals surface area contributed by atoms with Crippen molar-refractivity contribution in [2.75, 3.05) is 19.0 Å². The third-order valence-electron chi connectivity index (χ3n) is 4.12. The number of nitrogens with one attached hydrogen (secondary N) is 1. The topological polar surface area (TPSA) is 47.6 Å². The molecule has 0 atom stereocenters. The predicted octanol–water partition coefficient (Wildman–Crippen LogP) is 3.61. The minimum atomic E-state index is -0.387. The number of hydrogen-bond donors (Lipinski definition) is 1. The molecule has 5 heteroatoms. The summed E-state index contributed by atoms with van der Waals surface area (Å²) in [4.78, 5) is 12.2. The summed E-state index contributed by atoms with van der Waals surface area (Å²) in [7, 11) is 1.62. The fourth-order valence-corrected chi connectivity index (χ4v) is 2.90. The summed E-state index contributed by atoms with van der Waals surface area (Å²) >= 11 is 0. The first-order chi connectivity index (χ1) is 11.7. The van der Waals surface area contributed by atoms with Crippen LogP contribution in [0.5, 0.6) is 5.75 Å². The summed E-state index contributed by atoms with van der Waals surface area (Å²) in [5, 5.41) is 2.67. The first-order valence-corrected chi connectivity index (χ1v) is 7.49. The standard InChI is InChI=1S/C19H14FNO3/c1-23-14-5-2-11(3-6-14)12-8-17(24-10-12)18-15-7-4-13(20)9-16(15)21-19(18)22/h2-9H,10H2,1H3,(H,21,22)/b18-17-. The van der Waals surface area contributed by atoms with Crippen molar-refractivity contribution < 1.29 is 18.7 Å².